The van der Waals surface area contributed by atoms with Crippen LogP contribution in [0.3, 0.4) is 0 Å². The van der Waals surface area contributed by atoms with Gasteiger partial charge in [-0.2, -0.15) is 0 Å². The third kappa shape index (κ3) is 2.36. The summed E-state index contributed by atoms with van der Waals surface area (Å²) in [4.78, 5) is 33.6. The second-order valence-electron chi connectivity index (χ2n) is 5.18. The number of nitrogens with zero attached hydrogens (tertiary/aromatic N) is 2. The Bertz CT molecular complexity index is 892. The van der Waals surface area contributed by atoms with Crippen molar-refractivity contribution in [2.45, 2.75) is 6.92 Å². The van der Waals surface area contributed by atoms with Crippen molar-refractivity contribution in [1.82, 2.24) is 9.97 Å². The number of aryl methyl sites for hydroxylation is 1. The van der Waals surface area contributed by atoms with Gasteiger partial charge in [-0.25, -0.2) is 4.98 Å². The number of carbonyl (C=O) groups is 2. The zero-order chi connectivity index (χ0) is 17.3. The molecule has 0 amide bonds. The molecule has 5 nitrogen and oxygen atoms in total. The fourth-order valence-corrected chi connectivity index (χ4v) is 2.49. The Kier molecular flexibility index (Phi) is 3.92. The van der Waals surface area contributed by atoms with Gasteiger partial charge in [-0.3, -0.25) is 14.6 Å². The number of rotatable bonds is 3. The summed E-state index contributed by atoms with van der Waals surface area (Å²) in [5.74, 6) is -0.648. The van der Waals surface area contributed by atoms with Crippen LogP contribution >= 0.6 is 0 Å². The number of Topliss-reactive ketones (excluding diaryl/α,β-unsaturated/α-hetero) is 2. The molecular weight excluding hydrogens is 304 g/mol. The van der Waals surface area contributed by atoms with Crippen molar-refractivity contribution in [3.63, 3.8) is 0 Å². The van der Waals surface area contributed by atoms with Crippen molar-refractivity contribution < 1.29 is 14.0 Å². The summed E-state index contributed by atoms with van der Waals surface area (Å²) in [7, 11) is 0. The number of hydrogen-bond acceptors (Lipinski definition) is 5. The molecule has 0 bridgehead atoms. The number of fused-ring (bicyclic) bond motifs is 1. The zero-order valence-electron chi connectivity index (χ0n) is 13.1. The molecule has 0 aliphatic heterocycles. The summed E-state index contributed by atoms with van der Waals surface area (Å²) >= 11 is 0. The van der Waals surface area contributed by atoms with Crippen LogP contribution < -0.4 is 0 Å². The Hall–Kier alpha value is -3.34. The molecule has 0 atom stereocenters. The lowest BCUT2D eigenvalue weighted by molar-refractivity contribution is 0.0953. The largest absolute Gasteiger partial charge is 0.432 e. The van der Waals surface area contributed by atoms with Gasteiger partial charge in [-0.05, 0) is 18.6 Å². The number of carbonyl (C=O) groups excluding carboxylic acids is 2. The molecule has 2 heterocycles. The molecule has 118 valence electrons. The SMILES string of the molecule is C=C/C=C1/C(=O)c2nc(-c3cnccc3C)oc2C(=O)/C1=C/C=C. The van der Waals surface area contributed by atoms with Gasteiger partial charge in [0.25, 0.3) is 0 Å². The number of oxazole rings is 1. The molecule has 1 aliphatic carbocycles. The summed E-state index contributed by atoms with van der Waals surface area (Å²) < 4.78 is 5.61. The number of allylic oxidation sites excluding steroid dienone is 6. The molecule has 2 aromatic rings. The topological polar surface area (TPSA) is 73.1 Å². The highest BCUT2D eigenvalue weighted by Crippen LogP contribution is 2.33. The van der Waals surface area contributed by atoms with Crippen LogP contribution in [0.1, 0.15) is 26.6 Å². The van der Waals surface area contributed by atoms with E-state index in [4.69, 9.17) is 4.42 Å². The standard InChI is InChI=1S/C19H14N2O3/c1-4-6-12-13(7-5-2)17(23)18-15(16(12)22)21-19(24-18)14-10-20-9-8-11(14)3/h4-10H,1-2H2,3H3/b12-6+,13-7+. The first-order valence-electron chi connectivity index (χ1n) is 7.25. The third-order valence-corrected chi connectivity index (χ3v) is 3.67. The van der Waals surface area contributed by atoms with Crippen LogP contribution in [0.4, 0.5) is 0 Å². The van der Waals surface area contributed by atoms with Gasteiger partial charge in [0.1, 0.15) is 0 Å². The Morgan fingerprint density at radius 3 is 2.38 bits per heavy atom. The van der Waals surface area contributed by atoms with E-state index >= 15 is 0 Å². The minimum atomic E-state index is -0.405. The van der Waals surface area contributed by atoms with Crippen molar-refractivity contribution in [3.05, 3.63) is 84.1 Å². The second kappa shape index (κ2) is 6.04. The Morgan fingerprint density at radius 1 is 1.08 bits per heavy atom. The maximum Gasteiger partial charge on any atom is 0.231 e. The summed E-state index contributed by atoms with van der Waals surface area (Å²) in [6.07, 6.45) is 9.11. The molecule has 0 fully saturated rings. The first-order valence-corrected chi connectivity index (χ1v) is 7.25. The normalized spacial score (nSPS) is 17.2. The molecule has 3 rings (SSSR count). The van der Waals surface area contributed by atoms with Crippen LogP contribution in [0.5, 0.6) is 0 Å². The second-order valence-corrected chi connectivity index (χ2v) is 5.18. The van der Waals surface area contributed by atoms with E-state index in [2.05, 4.69) is 23.1 Å². The van der Waals surface area contributed by atoms with E-state index in [1.54, 1.807) is 18.5 Å². The molecule has 0 saturated carbocycles. The third-order valence-electron chi connectivity index (χ3n) is 3.67. The van der Waals surface area contributed by atoms with Crippen molar-refractivity contribution >= 4 is 11.6 Å². The van der Waals surface area contributed by atoms with Crippen LogP contribution in [0, 0.1) is 6.92 Å². The van der Waals surface area contributed by atoms with Crippen LogP contribution in [0.15, 0.2) is 71.5 Å². The van der Waals surface area contributed by atoms with Crippen molar-refractivity contribution in [3.8, 4) is 11.5 Å². The van der Waals surface area contributed by atoms with E-state index in [-0.39, 0.29) is 34.3 Å². The van der Waals surface area contributed by atoms with E-state index in [0.29, 0.717) is 5.56 Å². The molecule has 0 saturated heterocycles. The quantitative estimate of drug-likeness (QED) is 0.808. The van der Waals surface area contributed by atoms with Crippen LogP contribution in [0.2, 0.25) is 0 Å². The van der Waals surface area contributed by atoms with Crippen molar-refractivity contribution in [1.29, 1.82) is 0 Å². The predicted molar refractivity (Wildman–Crippen MR) is 89.7 cm³/mol. The lowest BCUT2D eigenvalue weighted by Gasteiger charge is -2.13. The van der Waals surface area contributed by atoms with Crippen molar-refractivity contribution in [2.75, 3.05) is 0 Å². The maximum atomic E-state index is 12.7. The molecule has 0 radical (unpaired) electrons. The predicted octanol–water partition coefficient (Wildman–Crippen LogP) is 3.65. The summed E-state index contributed by atoms with van der Waals surface area (Å²) in [6.45, 7) is 9.04. The number of hydrogen-bond donors (Lipinski definition) is 0. The van der Waals surface area contributed by atoms with Crippen molar-refractivity contribution in [2.24, 2.45) is 0 Å². The molecule has 0 N–H and O–H groups in total. The number of pyridine rings is 1. The van der Waals surface area contributed by atoms with Gasteiger partial charge in [0, 0.05) is 23.5 Å². The fraction of sp³-hybridized carbons (Fsp3) is 0.0526. The van der Waals surface area contributed by atoms with Gasteiger partial charge in [0.15, 0.2) is 5.69 Å². The molecule has 0 spiro atoms. The van der Waals surface area contributed by atoms with E-state index in [1.165, 1.54) is 24.3 Å². The van der Waals surface area contributed by atoms with Gasteiger partial charge in [-0.15, -0.1) is 0 Å². The highest BCUT2D eigenvalue weighted by molar-refractivity contribution is 6.29. The first kappa shape index (κ1) is 15.6. The smallest absolute Gasteiger partial charge is 0.231 e. The lowest BCUT2D eigenvalue weighted by atomic mass is 9.88. The van der Waals surface area contributed by atoms with E-state index in [0.717, 1.165) is 5.56 Å². The summed E-state index contributed by atoms with van der Waals surface area (Å²) in [5, 5.41) is 0. The summed E-state index contributed by atoms with van der Waals surface area (Å²) in [6, 6.07) is 1.80. The van der Waals surface area contributed by atoms with E-state index in [9.17, 15) is 9.59 Å². The molecule has 1 aliphatic rings. The molecule has 5 heteroatoms. The highest BCUT2D eigenvalue weighted by Gasteiger charge is 2.37. The molecule has 0 aromatic carbocycles. The molecular formula is C19H14N2O3. The number of ketones is 2. The van der Waals surface area contributed by atoms with Gasteiger partial charge < -0.3 is 4.42 Å². The fourth-order valence-electron chi connectivity index (χ4n) is 2.49. The Morgan fingerprint density at radius 2 is 1.75 bits per heavy atom. The molecule has 0 unspecified atom stereocenters. The lowest BCUT2D eigenvalue weighted by Crippen LogP contribution is -2.22. The van der Waals surface area contributed by atoms with Gasteiger partial charge >= 0.3 is 0 Å². The van der Waals surface area contributed by atoms with Crippen LogP contribution in [-0.2, 0) is 0 Å². The Labute approximate surface area is 138 Å². The van der Waals surface area contributed by atoms with E-state index < -0.39 is 5.78 Å². The zero-order valence-corrected chi connectivity index (χ0v) is 13.1. The monoisotopic (exact) mass is 318 g/mol. The van der Waals surface area contributed by atoms with Gasteiger partial charge in [-0.1, -0.05) is 37.5 Å². The Balaban J connectivity index is 2.22. The average Bonchev–Trinajstić information content (AvgIpc) is 3.02. The number of aromatic nitrogens is 2. The van der Waals surface area contributed by atoms with Gasteiger partial charge in [0.05, 0.1) is 5.56 Å². The highest BCUT2D eigenvalue weighted by atomic mass is 16.4. The van der Waals surface area contributed by atoms with Crippen LogP contribution in [0.25, 0.3) is 11.5 Å². The first-order chi connectivity index (χ1) is 11.6. The molecule has 24 heavy (non-hydrogen) atoms. The average molecular weight is 318 g/mol. The van der Waals surface area contributed by atoms with Gasteiger partial charge in [0.2, 0.25) is 23.2 Å². The summed E-state index contributed by atoms with van der Waals surface area (Å²) in [5.41, 5.74) is 1.97. The minimum Gasteiger partial charge on any atom is -0.432 e. The molecule has 2 aromatic heterocycles. The minimum absolute atomic E-state index is 0.00700. The van der Waals surface area contributed by atoms with Crippen LogP contribution in [-0.4, -0.2) is 21.5 Å². The van der Waals surface area contributed by atoms with E-state index in [1.807, 2.05) is 6.92 Å². The maximum absolute atomic E-state index is 12.7.